The molecule has 1 aliphatic heterocycles. The molecule has 114 valence electrons. The Morgan fingerprint density at radius 2 is 2.29 bits per heavy atom. The van der Waals surface area contributed by atoms with E-state index >= 15 is 0 Å². The summed E-state index contributed by atoms with van der Waals surface area (Å²) in [5.41, 5.74) is 0.539. The molecule has 1 heterocycles. The SMILES string of the molecule is O=C(O)/C=C/c1cccc(S(=O)(=O)NCC2CCSC2)c1. The number of aliphatic carboxylic acids is 1. The lowest BCUT2D eigenvalue weighted by molar-refractivity contribution is -0.131. The summed E-state index contributed by atoms with van der Waals surface area (Å²) < 4.78 is 27.1. The van der Waals surface area contributed by atoms with Gasteiger partial charge in [0.2, 0.25) is 10.0 Å². The second-order valence-corrected chi connectivity index (χ2v) is 7.74. The van der Waals surface area contributed by atoms with Crippen molar-refractivity contribution >= 4 is 33.8 Å². The van der Waals surface area contributed by atoms with Gasteiger partial charge in [-0.2, -0.15) is 11.8 Å². The maximum Gasteiger partial charge on any atom is 0.328 e. The Balaban J connectivity index is 2.08. The van der Waals surface area contributed by atoms with E-state index in [0.29, 0.717) is 18.0 Å². The minimum absolute atomic E-state index is 0.153. The van der Waals surface area contributed by atoms with E-state index in [9.17, 15) is 13.2 Å². The number of benzene rings is 1. The zero-order valence-corrected chi connectivity index (χ0v) is 13.0. The molecular weight excluding hydrogens is 310 g/mol. The Kier molecular flexibility index (Phi) is 5.44. The number of carboxylic acid groups (broad SMARTS) is 1. The summed E-state index contributed by atoms with van der Waals surface area (Å²) in [6.45, 7) is 0.449. The first-order valence-corrected chi connectivity index (χ1v) is 9.19. The number of rotatable bonds is 6. The largest absolute Gasteiger partial charge is 0.478 e. The second-order valence-electron chi connectivity index (χ2n) is 4.83. The summed E-state index contributed by atoms with van der Waals surface area (Å²) in [5.74, 6) is 1.39. The molecule has 1 fully saturated rings. The zero-order chi connectivity index (χ0) is 15.3. The molecule has 0 saturated carbocycles. The van der Waals surface area contributed by atoms with Crippen LogP contribution in [0.4, 0.5) is 0 Å². The highest BCUT2D eigenvalue weighted by atomic mass is 32.2. The van der Waals surface area contributed by atoms with Crippen molar-refractivity contribution in [3.63, 3.8) is 0 Å². The van der Waals surface area contributed by atoms with Gasteiger partial charge in [-0.3, -0.25) is 0 Å². The van der Waals surface area contributed by atoms with Crippen molar-refractivity contribution in [3.8, 4) is 0 Å². The average molecular weight is 327 g/mol. The molecule has 0 spiro atoms. The first-order valence-electron chi connectivity index (χ1n) is 6.56. The minimum Gasteiger partial charge on any atom is -0.478 e. The van der Waals surface area contributed by atoms with Gasteiger partial charge in [0.1, 0.15) is 0 Å². The molecule has 5 nitrogen and oxygen atoms in total. The van der Waals surface area contributed by atoms with E-state index in [1.165, 1.54) is 18.2 Å². The van der Waals surface area contributed by atoms with Crippen molar-refractivity contribution in [1.82, 2.24) is 4.72 Å². The van der Waals surface area contributed by atoms with Crippen LogP contribution >= 0.6 is 11.8 Å². The predicted octanol–water partition coefficient (Wildman–Crippen LogP) is 1.82. The van der Waals surface area contributed by atoms with Crippen LogP contribution in [0.3, 0.4) is 0 Å². The quantitative estimate of drug-likeness (QED) is 0.779. The molecule has 0 radical (unpaired) electrons. The van der Waals surface area contributed by atoms with Crippen molar-refractivity contribution in [2.75, 3.05) is 18.1 Å². The summed E-state index contributed by atoms with van der Waals surface area (Å²) in [7, 11) is -3.55. The van der Waals surface area contributed by atoms with Crippen LogP contribution in [0.2, 0.25) is 0 Å². The van der Waals surface area contributed by atoms with Crippen LogP contribution in [0.15, 0.2) is 35.2 Å². The molecule has 7 heteroatoms. The van der Waals surface area contributed by atoms with Crippen molar-refractivity contribution in [2.45, 2.75) is 11.3 Å². The lowest BCUT2D eigenvalue weighted by Gasteiger charge is -2.11. The van der Waals surface area contributed by atoms with Gasteiger partial charge in [-0.1, -0.05) is 12.1 Å². The number of nitrogens with one attached hydrogen (secondary N) is 1. The third-order valence-corrected chi connectivity index (χ3v) is 5.83. The van der Waals surface area contributed by atoms with Crippen LogP contribution in [0.5, 0.6) is 0 Å². The fourth-order valence-electron chi connectivity index (χ4n) is 2.01. The first-order chi connectivity index (χ1) is 9.97. The molecule has 1 unspecified atom stereocenters. The van der Waals surface area contributed by atoms with E-state index in [1.54, 1.807) is 12.1 Å². The fourth-order valence-corrected chi connectivity index (χ4v) is 4.46. The second kappa shape index (κ2) is 7.11. The molecule has 2 rings (SSSR count). The number of hydrogen-bond donors (Lipinski definition) is 2. The van der Waals surface area contributed by atoms with Crippen molar-refractivity contribution in [2.24, 2.45) is 5.92 Å². The van der Waals surface area contributed by atoms with E-state index < -0.39 is 16.0 Å². The maximum atomic E-state index is 12.2. The summed E-state index contributed by atoms with van der Waals surface area (Å²) in [6, 6.07) is 6.22. The molecule has 0 amide bonds. The standard InChI is InChI=1S/C14H17NO4S2/c16-14(17)5-4-11-2-1-3-13(8-11)21(18,19)15-9-12-6-7-20-10-12/h1-5,8,12,15H,6-7,9-10H2,(H,16,17)/b5-4+. The summed E-state index contributed by atoms with van der Waals surface area (Å²) >= 11 is 1.84. The highest BCUT2D eigenvalue weighted by molar-refractivity contribution is 7.99. The Morgan fingerprint density at radius 3 is 2.95 bits per heavy atom. The first kappa shape index (κ1) is 16.1. The molecule has 21 heavy (non-hydrogen) atoms. The van der Waals surface area contributed by atoms with Gasteiger partial charge in [-0.15, -0.1) is 0 Å². The van der Waals surface area contributed by atoms with Crippen LogP contribution < -0.4 is 4.72 Å². The van der Waals surface area contributed by atoms with E-state index in [1.807, 2.05) is 11.8 Å². The van der Waals surface area contributed by atoms with Gasteiger partial charge in [0.15, 0.2) is 0 Å². The third kappa shape index (κ3) is 4.87. The van der Waals surface area contributed by atoms with E-state index in [-0.39, 0.29) is 4.90 Å². The predicted molar refractivity (Wildman–Crippen MR) is 83.7 cm³/mol. The Labute approximate surface area is 128 Å². The van der Waals surface area contributed by atoms with Crippen LogP contribution in [-0.2, 0) is 14.8 Å². The van der Waals surface area contributed by atoms with Gasteiger partial charge in [0.05, 0.1) is 4.90 Å². The van der Waals surface area contributed by atoms with Gasteiger partial charge in [0, 0.05) is 12.6 Å². The monoisotopic (exact) mass is 327 g/mol. The van der Waals surface area contributed by atoms with E-state index in [2.05, 4.69) is 4.72 Å². The van der Waals surface area contributed by atoms with Gasteiger partial charge in [0.25, 0.3) is 0 Å². The molecule has 1 atom stereocenters. The smallest absolute Gasteiger partial charge is 0.328 e. The molecule has 1 saturated heterocycles. The average Bonchev–Trinajstić information content (AvgIpc) is 2.97. The van der Waals surface area contributed by atoms with Crippen molar-refractivity contribution < 1.29 is 18.3 Å². The Bertz CT molecular complexity index is 634. The van der Waals surface area contributed by atoms with Crippen molar-refractivity contribution in [1.29, 1.82) is 0 Å². The third-order valence-electron chi connectivity index (χ3n) is 3.17. The molecule has 0 aliphatic carbocycles. The molecule has 1 aromatic rings. The van der Waals surface area contributed by atoms with Crippen LogP contribution in [0.25, 0.3) is 6.08 Å². The van der Waals surface area contributed by atoms with E-state index in [4.69, 9.17) is 5.11 Å². The normalized spacial score (nSPS) is 19.1. The summed E-state index contributed by atoms with van der Waals surface area (Å²) in [5, 5.41) is 8.59. The van der Waals surface area contributed by atoms with E-state index in [0.717, 1.165) is 24.0 Å². The summed E-state index contributed by atoms with van der Waals surface area (Å²) in [4.78, 5) is 10.6. The fraction of sp³-hybridized carbons (Fsp3) is 0.357. The van der Waals surface area contributed by atoms with Gasteiger partial charge < -0.3 is 5.11 Å². The molecule has 0 bridgehead atoms. The lowest BCUT2D eigenvalue weighted by Crippen LogP contribution is -2.29. The molecule has 2 N–H and O–H groups in total. The number of carbonyl (C=O) groups is 1. The van der Waals surface area contributed by atoms with Crippen LogP contribution in [0.1, 0.15) is 12.0 Å². The maximum absolute atomic E-state index is 12.2. The van der Waals surface area contributed by atoms with Crippen LogP contribution in [-0.4, -0.2) is 37.5 Å². The van der Waals surface area contributed by atoms with Gasteiger partial charge in [-0.05, 0) is 47.6 Å². The lowest BCUT2D eigenvalue weighted by atomic mass is 10.1. The van der Waals surface area contributed by atoms with Gasteiger partial charge >= 0.3 is 5.97 Å². The summed E-state index contributed by atoms with van der Waals surface area (Å²) in [6.07, 6.45) is 3.39. The number of carboxylic acids is 1. The highest BCUT2D eigenvalue weighted by Gasteiger charge is 2.20. The Morgan fingerprint density at radius 1 is 1.48 bits per heavy atom. The minimum atomic E-state index is -3.55. The van der Waals surface area contributed by atoms with Gasteiger partial charge in [-0.25, -0.2) is 17.9 Å². The highest BCUT2D eigenvalue weighted by Crippen LogP contribution is 2.23. The molecule has 1 aliphatic rings. The zero-order valence-electron chi connectivity index (χ0n) is 11.4. The number of sulfonamides is 1. The number of hydrogen-bond acceptors (Lipinski definition) is 4. The van der Waals surface area contributed by atoms with Crippen molar-refractivity contribution in [3.05, 3.63) is 35.9 Å². The van der Waals surface area contributed by atoms with Crippen LogP contribution in [0, 0.1) is 5.92 Å². The molecular formula is C14H17NO4S2. The number of thioether (sulfide) groups is 1. The molecule has 0 aromatic heterocycles. The Hall–Kier alpha value is -1.31. The molecule has 1 aromatic carbocycles. The topological polar surface area (TPSA) is 83.5 Å².